The van der Waals surface area contributed by atoms with Crippen LogP contribution in [0.5, 0.6) is 5.75 Å². The van der Waals surface area contributed by atoms with Crippen LogP contribution in [0.1, 0.15) is 5.56 Å². The highest BCUT2D eigenvalue weighted by molar-refractivity contribution is 5.29. The van der Waals surface area contributed by atoms with E-state index < -0.39 is 0 Å². The van der Waals surface area contributed by atoms with Gasteiger partial charge in [-0.3, -0.25) is 4.98 Å². The minimum absolute atomic E-state index is 0.445. The van der Waals surface area contributed by atoms with Crippen molar-refractivity contribution in [2.45, 2.75) is 6.54 Å². The summed E-state index contributed by atoms with van der Waals surface area (Å²) in [5.41, 5.74) is 6.39. The molecule has 3 nitrogen and oxygen atoms in total. The van der Waals surface area contributed by atoms with Gasteiger partial charge in [-0.2, -0.15) is 0 Å². The third-order valence-electron chi connectivity index (χ3n) is 1.44. The van der Waals surface area contributed by atoms with Crippen LogP contribution >= 0.6 is 0 Å². The Bertz CT molecular complexity index is 260. The predicted octanol–water partition coefficient (Wildman–Crippen LogP) is 1.11. The van der Waals surface area contributed by atoms with Crippen LogP contribution in [0.4, 0.5) is 0 Å². The first-order valence-electron chi connectivity index (χ1n) is 3.75. The van der Waals surface area contributed by atoms with Gasteiger partial charge in [-0.15, -0.1) is 0 Å². The van der Waals surface area contributed by atoms with Crippen LogP contribution in [-0.2, 0) is 6.54 Å². The first-order chi connectivity index (χ1) is 5.88. The van der Waals surface area contributed by atoms with E-state index in [2.05, 4.69) is 11.6 Å². The summed E-state index contributed by atoms with van der Waals surface area (Å²) in [4.78, 5) is 3.94. The molecule has 0 fully saturated rings. The molecule has 0 saturated heterocycles. The van der Waals surface area contributed by atoms with Gasteiger partial charge >= 0.3 is 0 Å². The van der Waals surface area contributed by atoms with Crippen molar-refractivity contribution in [1.29, 1.82) is 0 Å². The fourth-order valence-electron chi connectivity index (χ4n) is 0.857. The average molecular weight is 164 g/mol. The molecule has 1 aromatic rings. The fourth-order valence-corrected chi connectivity index (χ4v) is 0.857. The maximum atomic E-state index is 5.48. The Balaban J connectivity index is 2.74. The van der Waals surface area contributed by atoms with Gasteiger partial charge in [0.1, 0.15) is 12.4 Å². The zero-order chi connectivity index (χ0) is 8.81. The summed E-state index contributed by atoms with van der Waals surface area (Å²) in [6.07, 6.45) is 5.08. The Kier molecular flexibility index (Phi) is 3.29. The van der Waals surface area contributed by atoms with E-state index in [4.69, 9.17) is 10.5 Å². The first-order valence-corrected chi connectivity index (χ1v) is 3.75. The highest BCUT2D eigenvalue weighted by Gasteiger charge is 1.98. The molecule has 0 aliphatic rings. The third-order valence-corrected chi connectivity index (χ3v) is 1.44. The Morgan fingerprint density at radius 3 is 3.17 bits per heavy atom. The first kappa shape index (κ1) is 8.74. The normalized spacial score (nSPS) is 9.42. The Labute approximate surface area is 71.9 Å². The summed E-state index contributed by atoms with van der Waals surface area (Å²) in [7, 11) is 0. The molecular formula is C9H12N2O. The second-order valence-corrected chi connectivity index (χ2v) is 2.29. The molecule has 1 heterocycles. The van der Waals surface area contributed by atoms with Crippen molar-refractivity contribution in [2.75, 3.05) is 6.61 Å². The molecule has 64 valence electrons. The quantitative estimate of drug-likeness (QED) is 0.678. The van der Waals surface area contributed by atoms with E-state index in [9.17, 15) is 0 Å². The van der Waals surface area contributed by atoms with E-state index in [1.54, 1.807) is 24.5 Å². The van der Waals surface area contributed by atoms with Crippen LogP contribution < -0.4 is 10.5 Å². The molecule has 0 radical (unpaired) electrons. The van der Waals surface area contributed by atoms with E-state index in [1.165, 1.54) is 0 Å². The molecule has 1 aromatic heterocycles. The van der Waals surface area contributed by atoms with Gasteiger partial charge in [-0.25, -0.2) is 0 Å². The highest BCUT2D eigenvalue weighted by atomic mass is 16.5. The molecular weight excluding hydrogens is 152 g/mol. The number of hydrogen-bond donors (Lipinski definition) is 1. The number of ether oxygens (including phenoxy) is 1. The topological polar surface area (TPSA) is 48.1 Å². The van der Waals surface area contributed by atoms with Crippen molar-refractivity contribution in [1.82, 2.24) is 4.98 Å². The molecule has 2 N–H and O–H groups in total. The lowest BCUT2D eigenvalue weighted by molar-refractivity contribution is 0.358. The van der Waals surface area contributed by atoms with Gasteiger partial charge in [-0.1, -0.05) is 12.7 Å². The fraction of sp³-hybridized carbons (Fsp3) is 0.222. The largest absolute Gasteiger partial charge is 0.489 e. The molecule has 0 spiro atoms. The average Bonchev–Trinajstić information content (AvgIpc) is 2.15. The molecule has 0 aliphatic carbocycles. The Hall–Kier alpha value is -1.35. The lowest BCUT2D eigenvalue weighted by Gasteiger charge is -2.06. The van der Waals surface area contributed by atoms with Gasteiger partial charge in [0.2, 0.25) is 0 Å². The van der Waals surface area contributed by atoms with Crippen molar-refractivity contribution < 1.29 is 4.74 Å². The molecule has 3 heteroatoms. The molecule has 0 unspecified atom stereocenters. The highest BCUT2D eigenvalue weighted by Crippen LogP contribution is 2.15. The Morgan fingerprint density at radius 2 is 2.50 bits per heavy atom. The zero-order valence-electron chi connectivity index (χ0n) is 6.86. The number of aromatic nitrogens is 1. The maximum Gasteiger partial charge on any atom is 0.127 e. The van der Waals surface area contributed by atoms with Crippen molar-refractivity contribution >= 4 is 0 Å². The van der Waals surface area contributed by atoms with Crippen molar-refractivity contribution in [3.8, 4) is 5.75 Å². The smallest absolute Gasteiger partial charge is 0.127 e. The Morgan fingerprint density at radius 1 is 1.67 bits per heavy atom. The van der Waals surface area contributed by atoms with Crippen LogP contribution in [-0.4, -0.2) is 11.6 Å². The molecule has 0 amide bonds. The maximum absolute atomic E-state index is 5.48. The van der Waals surface area contributed by atoms with Gasteiger partial charge in [0, 0.05) is 24.5 Å². The van der Waals surface area contributed by atoms with Gasteiger partial charge in [-0.05, 0) is 6.07 Å². The summed E-state index contributed by atoms with van der Waals surface area (Å²) < 4.78 is 5.34. The standard InChI is InChI=1S/C9H12N2O/c1-2-5-12-9-3-4-11-7-8(9)6-10/h2-4,7H,1,5-6,10H2. The van der Waals surface area contributed by atoms with Gasteiger partial charge < -0.3 is 10.5 Å². The molecule has 12 heavy (non-hydrogen) atoms. The summed E-state index contributed by atoms with van der Waals surface area (Å²) in [5, 5.41) is 0. The van der Waals surface area contributed by atoms with Crippen molar-refractivity contribution in [3.63, 3.8) is 0 Å². The van der Waals surface area contributed by atoms with Crippen LogP contribution in [0.25, 0.3) is 0 Å². The molecule has 0 bridgehead atoms. The van der Waals surface area contributed by atoms with E-state index in [-0.39, 0.29) is 0 Å². The number of nitrogens with zero attached hydrogens (tertiary/aromatic N) is 1. The van der Waals surface area contributed by atoms with Gasteiger partial charge in [0.05, 0.1) is 0 Å². The monoisotopic (exact) mass is 164 g/mol. The molecule has 0 aromatic carbocycles. The third kappa shape index (κ3) is 2.07. The zero-order valence-corrected chi connectivity index (χ0v) is 6.86. The van der Waals surface area contributed by atoms with Crippen LogP contribution in [0.3, 0.4) is 0 Å². The summed E-state index contributed by atoms with van der Waals surface area (Å²) in [5.74, 6) is 0.785. The van der Waals surface area contributed by atoms with Crippen molar-refractivity contribution in [3.05, 3.63) is 36.7 Å². The predicted molar refractivity (Wildman–Crippen MR) is 47.8 cm³/mol. The minimum atomic E-state index is 0.445. The lowest BCUT2D eigenvalue weighted by atomic mass is 10.2. The van der Waals surface area contributed by atoms with E-state index in [0.29, 0.717) is 13.2 Å². The number of hydrogen-bond acceptors (Lipinski definition) is 3. The molecule has 1 rings (SSSR count). The van der Waals surface area contributed by atoms with Crippen LogP contribution in [0.2, 0.25) is 0 Å². The van der Waals surface area contributed by atoms with Crippen LogP contribution in [0.15, 0.2) is 31.1 Å². The second-order valence-electron chi connectivity index (χ2n) is 2.29. The molecule has 0 aliphatic heterocycles. The van der Waals surface area contributed by atoms with E-state index in [0.717, 1.165) is 11.3 Å². The van der Waals surface area contributed by atoms with Gasteiger partial charge in [0.15, 0.2) is 0 Å². The lowest BCUT2D eigenvalue weighted by Crippen LogP contribution is -2.02. The van der Waals surface area contributed by atoms with Gasteiger partial charge in [0.25, 0.3) is 0 Å². The molecule has 0 saturated carbocycles. The van der Waals surface area contributed by atoms with E-state index >= 15 is 0 Å². The number of rotatable bonds is 4. The second kappa shape index (κ2) is 4.51. The number of nitrogens with two attached hydrogens (primary N) is 1. The van der Waals surface area contributed by atoms with Crippen LogP contribution in [0, 0.1) is 0 Å². The van der Waals surface area contributed by atoms with Crippen molar-refractivity contribution in [2.24, 2.45) is 5.73 Å². The summed E-state index contributed by atoms with van der Waals surface area (Å²) in [6, 6.07) is 1.80. The molecule has 0 atom stereocenters. The van der Waals surface area contributed by atoms with E-state index in [1.807, 2.05) is 0 Å². The summed E-state index contributed by atoms with van der Waals surface area (Å²) >= 11 is 0. The SMILES string of the molecule is C=CCOc1ccncc1CN. The summed E-state index contributed by atoms with van der Waals surface area (Å²) in [6.45, 7) is 4.50. The number of pyridine rings is 1. The minimum Gasteiger partial charge on any atom is -0.489 e.